The number of carbonyl (C=O) groups excluding carboxylic acids is 1. The second-order valence-electron chi connectivity index (χ2n) is 7.35. The van der Waals surface area contributed by atoms with Gasteiger partial charge in [-0.15, -0.1) is 0 Å². The van der Waals surface area contributed by atoms with Crippen LogP contribution in [0.5, 0.6) is 0 Å². The zero-order valence-corrected chi connectivity index (χ0v) is 16.6. The number of carbonyl (C=O) groups is 1. The highest BCUT2D eigenvalue weighted by atomic mass is 19.1. The molecule has 0 atom stereocenters. The summed E-state index contributed by atoms with van der Waals surface area (Å²) in [5.41, 5.74) is 3.25. The van der Waals surface area contributed by atoms with Crippen molar-refractivity contribution in [3.63, 3.8) is 0 Å². The number of nitrogens with one attached hydrogen (secondary N) is 1. The lowest BCUT2D eigenvalue weighted by atomic mass is 10.1. The largest absolute Gasteiger partial charge is 0.436 e. The van der Waals surface area contributed by atoms with Gasteiger partial charge in [0.25, 0.3) is 5.91 Å². The van der Waals surface area contributed by atoms with Crippen LogP contribution in [0.25, 0.3) is 11.3 Å². The summed E-state index contributed by atoms with van der Waals surface area (Å²) >= 11 is 0. The highest BCUT2D eigenvalue weighted by Gasteiger charge is 2.25. The van der Waals surface area contributed by atoms with E-state index in [-0.39, 0.29) is 11.7 Å². The molecule has 7 nitrogen and oxygen atoms in total. The zero-order chi connectivity index (χ0) is 20.4. The molecule has 152 valence electrons. The Balaban J connectivity index is 1.43. The number of nitrogens with zero attached hydrogens (tertiary/aromatic N) is 4. The van der Waals surface area contributed by atoms with Crippen LogP contribution >= 0.6 is 0 Å². The van der Waals surface area contributed by atoms with Gasteiger partial charge in [-0.2, -0.15) is 5.10 Å². The van der Waals surface area contributed by atoms with Gasteiger partial charge in [0, 0.05) is 50.8 Å². The van der Waals surface area contributed by atoms with Gasteiger partial charge in [0.1, 0.15) is 5.82 Å². The lowest BCUT2D eigenvalue weighted by Crippen LogP contribution is -2.35. The summed E-state index contributed by atoms with van der Waals surface area (Å²) in [4.78, 5) is 21.1. The molecule has 3 aromatic rings. The number of hydrogen-bond acceptors (Lipinski definition) is 5. The quantitative estimate of drug-likeness (QED) is 0.732. The Kier molecular flexibility index (Phi) is 5.44. The molecule has 0 aliphatic carbocycles. The fourth-order valence-corrected chi connectivity index (χ4v) is 3.77. The van der Waals surface area contributed by atoms with Crippen LogP contribution in [0.3, 0.4) is 0 Å². The van der Waals surface area contributed by atoms with E-state index in [1.165, 1.54) is 12.1 Å². The van der Waals surface area contributed by atoms with E-state index < -0.39 is 0 Å². The third kappa shape index (κ3) is 4.22. The molecule has 4 rings (SSSR count). The minimum absolute atomic E-state index is 0.103. The number of H-pyrrole nitrogens is 1. The molecule has 0 bridgehead atoms. The molecule has 0 radical (unpaired) electrons. The van der Waals surface area contributed by atoms with Gasteiger partial charge in [0.2, 0.25) is 5.76 Å². The molecule has 3 heterocycles. The Bertz CT molecular complexity index is 1010. The molecule has 1 aliphatic rings. The molecule has 0 spiro atoms. The van der Waals surface area contributed by atoms with Crippen LogP contribution in [0, 0.1) is 19.7 Å². The van der Waals surface area contributed by atoms with Gasteiger partial charge in [-0.25, -0.2) is 9.37 Å². The number of oxazole rings is 1. The molecule has 29 heavy (non-hydrogen) atoms. The maximum absolute atomic E-state index is 13.6. The highest BCUT2D eigenvalue weighted by Crippen LogP contribution is 2.23. The molecule has 2 aromatic heterocycles. The molecule has 1 aliphatic heterocycles. The fraction of sp³-hybridized carbons (Fsp3) is 0.381. The van der Waals surface area contributed by atoms with E-state index in [1.54, 1.807) is 26.1 Å². The van der Waals surface area contributed by atoms with Crippen molar-refractivity contribution in [2.24, 2.45) is 0 Å². The maximum atomic E-state index is 13.6. The van der Waals surface area contributed by atoms with Crippen molar-refractivity contribution in [1.29, 1.82) is 0 Å². The smallest absolute Gasteiger partial charge is 0.291 e. The Morgan fingerprint density at radius 3 is 2.86 bits per heavy atom. The average Bonchev–Trinajstić information content (AvgIpc) is 3.20. The molecule has 1 N–H and O–H groups in total. The minimum atomic E-state index is -0.273. The van der Waals surface area contributed by atoms with E-state index in [2.05, 4.69) is 20.1 Å². The molecule has 8 heteroatoms. The predicted molar refractivity (Wildman–Crippen MR) is 106 cm³/mol. The van der Waals surface area contributed by atoms with Crippen molar-refractivity contribution in [3.8, 4) is 11.3 Å². The molecule has 1 fully saturated rings. The molecule has 0 unspecified atom stereocenters. The van der Waals surface area contributed by atoms with E-state index in [4.69, 9.17) is 4.42 Å². The van der Waals surface area contributed by atoms with Gasteiger partial charge >= 0.3 is 0 Å². The number of rotatable bonds is 4. The lowest BCUT2D eigenvalue weighted by Gasteiger charge is -2.21. The van der Waals surface area contributed by atoms with E-state index in [9.17, 15) is 9.18 Å². The number of benzene rings is 1. The van der Waals surface area contributed by atoms with Crippen LogP contribution in [-0.2, 0) is 6.54 Å². The van der Waals surface area contributed by atoms with Gasteiger partial charge in [-0.05, 0) is 25.5 Å². The first-order valence-corrected chi connectivity index (χ1v) is 9.75. The second kappa shape index (κ2) is 8.16. The summed E-state index contributed by atoms with van der Waals surface area (Å²) in [6.45, 7) is 7.13. The molecular weight excluding hydrogens is 373 g/mol. The minimum Gasteiger partial charge on any atom is -0.436 e. The Morgan fingerprint density at radius 1 is 1.24 bits per heavy atom. The van der Waals surface area contributed by atoms with Crippen molar-refractivity contribution in [1.82, 2.24) is 25.0 Å². The van der Waals surface area contributed by atoms with Crippen molar-refractivity contribution in [2.45, 2.75) is 26.8 Å². The van der Waals surface area contributed by atoms with E-state index in [0.29, 0.717) is 37.0 Å². The first-order valence-electron chi connectivity index (χ1n) is 9.75. The number of aromatic amines is 1. The molecule has 0 saturated carbocycles. The number of aromatic nitrogens is 3. The van der Waals surface area contributed by atoms with Gasteiger partial charge < -0.3 is 9.32 Å². The summed E-state index contributed by atoms with van der Waals surface area (Å²) in [7, 11) is 0. The third-order valence-electron chi connectivity index (χ3n) is 5.20. The van der Waals surface area contributed by atoms with E-state index in [0.717, 1.165) is 36.3 Å². The third-order valence-corrected chi connectivity index (χ3v) is 5.20. The monoisotopic (exact) mass is 397 g/mol. The summed E-state index contributed by atoms with van der Waals surface area (Å²) < 4.78 is 19.1. The van der Waals surface area contributed by atoms with Crippen LogP contribution in [-0.4, -0.2) is 57.1 Å². The first-order chi connectivity index (χ1) is 14.0. The topological polar surface area (TPSA) is 78.3 Å². The molecule has 1 saturated heterocycles. The Hall–Kier alpha value is -3.00. The van der Waals surface area contributed by atoms with Crippen LogP contribution in [0.2, 0.25) is 0 Å². The van der Waals surface area contributed by atoms with Crippen molar-refractivity contribution in [2.75, 3.05) is 26.2 Å². The number of hydrogen-bond donors (Lipinski definition) is 1. The summed E-state index contributed by atoms with van der Waals surface area (Å²) in [5.74, 6) is 0.463. The molecule has 1 amide bonds. The Labute approximate surface area is 168 Å². The summed E-state index contributed by atoms with van der Waals surface area (Å²) in [6, 6.07) is 6.49. The van der Waals surface area contributed by atoms with E-state index in [1.807, 2.05) is 11.0 Å². The van der Waals surface area contributed by atoms with Gasteiger partial charge in [0.15, 0.2) is 5.89 Å². The van der Waals surface area contributed by atoms with Crippen molar-refractivity contribution in [3.05, 3.63) is 59.2 Å². The second-order valence-corrected chi connectivity index (χ2v) is 7.35. The SMILES string of the molecule is Cc1nc(C)c(C(=O)N2CCCN(Cc3cn[nH]c3-c3cccc(F)c3)CC2)o1. The van der Waals surface area contributed by atoms with Crippen LogP contribution < -0.4 is 0 Å². The maximum Gasteiger partial charge on any atom is 0.291 e. The van der Waals surface area contributed by atoms with Crippen molar-refractivity contribution < 1.29 is 13.6 Å². The number of aryl methyl sites for hydroxylation is 2. The molecule has 1 aromatic carbocycles. The van der Waals surface area contributed by atoms with Gasteiger partial charge in [-0.1, -0.05) is 12.1 Å². The number of halogens is 1. The summed E-state index contributed by atoms with van der Waals surface area (Å²) in [5, 5.41) is 7.14. The van der Waals surface area contributed by atoms with Crippen LogP contribution in [0.1, 0.15) is 34.1 Å². The van der Waals surface area contributed by atoms with Crippen LogP contribution in [0.4, 0.5) is 4.39 Å². The normalized spacial score (nSPS) is 15.5. The fourth-order valence-electron chi connectivity index (χ4n) is 3.77. The predicted octanol–water partition coefficient (Wildman–Crippen LogP) is 3.17. The van der Waals surface area contributed by atoms with E-state index >= 15 is 0 Å². The number of amides is 1. The lowest BCUT2D eigenvalue weighted by molar-refractivity contribution is 0.0727. The van der Waals surface area contributed by atoms with Crippen LogP contribution in [0.15, 0.2) is 34.9 Å². The average molecular weight is 397 g/mol. The molecular formula is C21H24FN5O2. The standard InChI is InChI=1S/C21H24FN5O2/c1-14-20(29-15(2)24-14)21(28)27-8-4-7-26(9-10-27)13-17-12-23-25-19(17)16-5-3-6-18(22)11-16/h3,5-6,11-12H,4,7-10,13H2,1-2H3,(H,23,25). The van der Waals surface area contributed by atoms with Crippen molar-refractivity contribution >= 4 is 5.91 Å². The summed E-state index contributed by atoms with van der Waals surface area (Å²) in [6.07, 6.45) is 2.65. The Morgan fingerprint density at radius 2 is 2.10 bits per heavy atom. The van der Waals surface area contributed by atoms with Gasteiger partial charge in [-0.3, -0.25) is 14.8 Å². The highest BCUT2D eigenvalue weighted by molar-refractivity contribution is 5.92. The first kappa shape index (κ1) is 19.3. The zero-order valence-electron chi connectivity index (χ0n) is 16.6. The van der Waals surface area contributed by atoms with Gasteiger partial charge in [0.05, 0.1) is 17.6 Å².